The maximum Gasteiger partial charge on any atom is 0.258 e. The summed E-state index contributed by atoms with van der Waals surface area (Å²) in [5.74, 6) is 0.157. The summed E-state index contributed by atoms with van der Waals surface area (Å²) in [6, 6.07) is 21.6. The normalized spacial score (nSPS) is 18.5. The van der Waals surface area contributed by atoms with Gasteiger partial charge < -0.3 is 19.9 Å². The van der Waals surface area contributed by atoms with Gasteiger partial charge in [-0.25, -0.2) is 14.4 Å². The number of aromatic nitrogens is 4. The van der Waals surface area contributed by atoms with Gasteiger partial charge in [0, 0.05) is 86.7 Å². The smallest absolute Gasteiger partial charge is 0.258 e. The van der Waals surface area contributed by atoms with Crippen molar-refractivity contribution in [3.8, 4) is 22.6 Å². The van der Waals surface area contributed by atoms with Crippen molar-refractivity contribution in [1.82, 2.24) is 30.0 Å². The van der Waals surface area contributed by atoms with Crippen LogP contribution in [-0.4, -0.2) is 100 Å². The molecule has 2 fully saturated rings. The molecule has 0 spiro atoms. The molecule has 5 aromatic rings. The van der Waals surface area contributed by atoms with Gasteiger partial charge in [0.05, 0.1) is 17.8 Å². The number of anilines is 2. The SMILES string of the molecule is CO[C@@]1(C(=O)Nc2ccc3[nH]nc(-c4ccc(F)cc4)c3c2)CCN(CC(=O)N2CCN(c3ccc(-c4ncccn4)cc3)CC2)C1. The summed E-state index contributed by atoms with van der Waals surface area (Å²) in [4.78, 5) is 41.7. The Morgan fingerprint density at radius 2 is 1.66 bits per heavy atom. The Balaban J connectivity index is 0.939. The predicted molar refractivity (Wildman–Crippen MR) is 177 cm³/mol. The topological polar surface area (TPSA) is 120 Å². The van der Waals surface area contributed by atoms with Crippen molar-refractivity contribution in [2.45, 2.75) is 12.0 Å². The number of hydrogen-bond donors (Lipinski definition) is 2. The molecule has 0 radical (unpaired) electrons. The van der Waals surface area contributed by atoms with Gasteiger partial charge in [-0.1, -0.05) is 0 Å². The highest BCUT2D eigenvalue weighted by Gasteiger charge is 2.45. The van der Waals surface area contributed by atoms with E-state index in [1.54, 1.807) is 36.7 Å². The molecular formula is C35H35FN8O3. The van der Waals surface area contributed by atoms with Crippen LogP contribution >= 0.6 is 0 Å². The average molecular weight is 635 g/mol. The van der Waals surface area contributed by atoms with Gasteiger partial charge in [-0.05, 0) is 79.2 Å². The van der Waals surface area contributed by atoms with Crippen LogP contribution in [0, 0.1) is 5.82 Å². The standard InChI is InChI=1S/C35H35FN8O3/c1-47-35(34(46)39-27-9-12-30-29(21-27)32(41-40-30)24-3-7-26(36)8-4-24)13-16-42(23-35)22-31(45)44-19-17-43(18-20-44)28-10-5-25(6-11-28)33-37-14-2-15-38-33/h2-12,14-15,21H,13,16-20,22-23H2,1H3,(H,39,46)(H,40,41)/t35-/m0/s1. The molecular weight excluding hydrogens is 599 g/mol. The lowest BCUT2D eigenvalue weighted by Crippen LogP contribution is -2.52. The molecule has 7 rings (SSSR count). The molecule has 1 atom stereocenters. The second kappa shape index (κ2) is 12.9. The predicted octanol–water partition coefficient (Wildman–Crippen LogP) is 4.20. The van der Waals surface area contributed by atoms with Crippen molar-refractivity contribution in [3.63, 3.8) is 0 Å². The zero-order valence-corrected chi connectivity index (χ0v) is 26.0. The van der Waals surface area contributed by atoms with E-state index in [1.807, 2.05) is 34.1 Å². The third kappa shape index (κ3) is 6.29. The number of nitrogens with one attached hydrogen (secondary N) is 2. The third-order valence-corrected chi connectivity index (χ3v) is 9.10. The molecule has 2 aromatic heterocycles. The third-order valence-electron chi connectivity index (χ3n) is 9.10. The minimum Gasteiger partial charge on any atom is -0.368 e. The summed E-state index contributed by atoms with van der Waals surface area (Å²) in [7, 11) is 1.54. The minimum absolute atomic E-state index is 0.0484. The van der Waals surface area contributed by atoms with Crippen molar-refractivity contribution in [3.05, 3.63) is 91.0 Å². The zero-order chi connectivity index (χ0) is 32.4. The van der Waals surface area contributed by atoms with E-state index in [4.69, 9.17) is 4.74 Å². The largest absolute Gasteiger partial charge is 0.368 e. The van der Waals surface area contributed by atoms with E-state index in [0.29, 0.717) is 49.8 Å². The number of likely N-dealkylation sites (tertiary alicyclic amines) is 1. The van der Waals surface area contributed by atoms with E-state index in [1.165, 1.54) is 19.2 Å². The number of nitrogens with zero attached hydrogens (tertiary/aromatic N) is 6. The van der Waals surface area contributed by atoms with Gasteiger partial charge in [0.15, 0.2) is 11.4 Å². The van der Waals surface area contributed by atoms with Gasteiger partial charge in [0.1, 0.15) is 5.82 Å². The van der Waals surface area contributed by atoms with Crippen molar-refractivity contribution >= 4 is 34.1 Å². The monoisotopic (exact) mass is 634 g/mol. The lowest BCUT2D eigenvalue weighted by Gasteiger charge is -2.37. The van der Waals surface area contributed by atoms with Crippen LogP contribution in [0.4, 0.5) is 15.8 Å². The Kier molecular flexibility index (Phi) is 8.35. The first kappa shape index (κ1) is 30.5. The fraction of sp³-hybridized carbons (Fsp3) is 0.286. The number of methoxy groups -OCH3 is 1. The minimum atomic E-state index is -1.08. The van der Waals surface area contributed by atoms with Crippen molar-refractivity contribution in [1.29, 1.82) is 0 Å². The number of ether oxygens (including phenoxy) is 1. The van der Waals surface area contributed by atoms with Gasteiger partial charge in [0.2, 0.25) is 5.91 Å². The molecule has 3 aromatic carbocycles. The molecule has 2 aliphatic heterocycles. The summed E-state index contributed by atoms with van der Waals surface area (Å²) < 4.78 is 19.3. The van der Waals surface area contributed by atoms with Crippen molar-refractivity contribution < 1.29 is 18.7 Å². The number of carbonyl (C=O) groups is 2. The first-order chi connectivity index (χ1) is 22.9. The number of amides is 2. The first-order valence-corrected chi connectivity index (χ1v) is 15.6. The van der Waals surface area contributed by atoms with Crippen LogP contribution in [0.2, 0.25) is 0 Å². The van der Waals surface area contributed by atoms with Crippen molar-refractivity contribution in [2.75, 3.05) is 63.1 Å². The summed E-state index contributed by atoms with van der Waals surface area (Å²) in [5, 5.41) is 11.2. The number of benzene rings is 3. The Labute approximate surface area is 271 Å². The molecule has 0 bridgehead atoms. The molecule has 2 aliphatic rings. The number of H-pyrrole nitrogens is 1. The molecule has 11 nitrogen and oxygen atoms in total. The second-order valence-corrected chi connectivity index (χ2v) is 11.9. The van der Waals surface area contributed by atoms with Crippen LogP contribution in [0.15, 0.2) is 85.2 Å². The summed E-state index contributed by atoms with van der Waals surface area (Å²) >= 11 is 0. The highest BCUT2D eigenvalue weighted by Crippen LogP contribution is 2.31. The lowest BCUT2D eigenvalue weighted by molar-refractivity contribution is -0.138. The quantitative estimate of drug-likeness (QED) is 0.261. The summed E-state index contributed by atoms with van der Waals surface area (Å²) in [5.41, 5.74) is 3.81. The van der Waals surface area contributed by atoms with Crippen LogP contribution in [0.25, 0.3) is 33.5 Å². The summed E-state index contributed by atoms with van der Waals surface area (Å²) in [6.45, 7) is 3.84. The van der Waals surface area contributed by atoms with Gasteiger partial charge >= 0.3 is 0 Å². The number of aromatic amines is 1. The highest BCUT2D eigenvalue weighted by molar-refractivity contribution is 6.01. The van der Waals surface area contributed by atoms with Crippen LogP contribution in [0.1, 0.15) is 6.42 Å². The van der Waals surface area contributed by atoms with E-state index in [2.05, 4.69) is 42.5 Å². The molecule has 47 heavy (non-hydrogen) atoms. The van der Waals surface area contributed by atoms with E-state index in [-0.39, 0.29) is 24.2 Å². The Morgan fingerprint density at radius 1 is 0.936 bits per heavy atom. The maximum atomic E-state index is 13.6. The van der Waals surface area contributed by atoms with Crippen LogP contribution in [-0.2, 0) is 14.3 Å². The zero-order valence-electron chi connectivity index (χ0n) is 26.0. The van der Waals surface area contributed by atoms with Gasteiger partial charge in [-0.3, -0.25) is 19.6 Å². The van der Waals surface area contributed by atoms with Crippen LogP contribution in [0.5, 0.6) is 0 Å². The van der Waals surface area contributed by atoms with Gasteiger partial charge in [-0.15, -0.1) is 0 Å². The van der Waals surface area contributed by atoms with E-state index >= 15 is 0 Å². The molecule has 4 heterocycles. The fourth-order valence-electron chi connectivity index (χ4n) is 6.38. The molecule has 12 heteroatoms. The molecule has 0 aliphatic carbocycles. The molecule has 2 amide bonds. The molecule has 0 saturated carbocycles. The number of fused-ring (bicyclic) bond motifs is 1. The Hall–Kier alpha value is -5.20. The average Bonchev–Trinajstić information content (AvgIpc) is 3.74. The van der Waals surface area contributed by atoms with Crippen molar-refractivity contribution in [2.24, 2.45) is 0 Å². The van der Waals surface area contributed by atoms with E-state index in [0.717, 1.165) is 40.8 Å². The number of halogens is 1. The summed E-state index contributed by atoms with van der Waals surface area (Å²) in [6.07, 6.45) is 3.93. The molecule has 2 saturated heterocycles. The first-order valence-electron chi connectivity index (χ1n) is 15.6. The maximum absolute atomic E-state index is 13.6. The Bertz CT molecular complexity index is 1880. The fourth-order valence-corrected chi connectivity index (χ4v) is 6.38. The Morgan fingerprint density at radius 3 is 2.38 bits per heavy atom. The molecule has 2 N–H and O–H groups in total. The number of rotatable bonds is 8. The molecule has 0 unspecified atom stereocenters. The number of carbonyl (C=O) groups excluding carboxylic acids is 2. The van der Waals surface area contributed by atoms with Crippen LogP contribution < -0.4 is 10.2 Å². The number of hydrogen-bond acceptors (Lipinski definition) is 8. The van der Waals surface area contributed by atoms with Crippen LogP contribution in [0.3, 0.4) is 0 Å². The van der Waals surface area contributed by atoms with Gasteiger partial charge in [0.25, 0.3) is 5.91 Å². The van der Waals surface area contributed by atoms with Gasteiger partial charge in [-0.2, -0.15) is 5.10 Å². The highest BCUT2D eigenvalue weighted by atomic mass is 19.1. The second-order valence-electron chi connectivity index (χ2n) is 11.9. The molecule has 240 valence electrons. The number of piperazine rings is 1. The lowest BCUT2D eigenvalue weighted by atomic mass is 10.0. The van der Waals surface area contributed by atoms with E-state index in [9.17, 15) is 14.0 Å². The van der Waals surface area contributed by atoms with E-state index < -0.39 is 5.60 Å².